The molecule has 2 heterocycles. The van der Waals surface area contributed by atoms with Crippen LogP contribution >= 0.6 is 0 Å². The minimum absolute atomic E-state index is 0.0257. The van der Waals surface area contributed by atoms with Crippen LogP contribution in [0.4, 0.5) is 5.69 Å². The second-order valence-electron chi connectivity index (χ2n) is 8.70. The van der Waals surface area contributed by atoms with Crippen LogP contribution in [0.1, 0.15) is 71.3 Å². The van der Waals surface area contributed by atoms with Gasteiger partial charge in [0.05, 0.1) is 17.0 Å². The van der Waals surface area contributed by atoms with E-state index in [0.717, 1.165) is 43.5 Å². The summed E-state index contributed by atoms with van der Waals surface area (Å²) in [5.74, 6) is 0. The first-order valence-corrected chi connectivity index (χ1v) is 9.77. The van der Waals surface area contributed by atoms with E-state index in [9.17, 15) is 0 Å². The molecule has 4 rings (SSSR count). The number of fused-ring (bicyclic) bond motifs is 4. The predicted octanol–water partition coefficient (Wildman–Crippen LogP) is 5.17. The quantitative estimate of drug-likeness (QED) is 0.827. The third-order valence-corrected chi connectivity index (χ3v) is 6.15. The topological polar surface area (TPSA) is 47.6 Å². The summed E-state index contributed by atoms with van der Waals surface area (Å²) in [5, 5.41) is 0. The minimum atomic E-state index is -0.276. The molecule has 1 saturated carbocycles. The number of rotatable bonds is 3. The van der Waals surface area contributed by atoms with Crippen molar-refractivity contribution in [1.82, 2.24) is 0 Å². The number of para-hydroxylation sites is 1. The molecule has 1 aromatic carbocycles. The first-order valence-electron chi connectivity index (χ1n) is 9.77. The molecule has 2 aliphatic heterocycles. The molecule has 0 bridgehead atoms. The van der Waals surface area contributed by atoms with Gasteiger partial charge < -0.3 is 10.5 Å². The van der Waals surface area contributed by atoms with E-state index in [1.54, 1.807) is 0 Å². The Morgan fingerprint density at radius 2 is 1.84 bits per heavy atom. The molecule has 1 fully saturated rings. The number of unbranched alkanes of at least 4 members (excludes halogenated alkanes) is 1. The van der Waals surface area contributed by atoms with E-state index >= 15 is 0 Å². The second-order valence-corrected chi connectivity index (χ2v) is 8.70. The number of aliphatic imine (C=N–C) groups is 1. The van der Waals surface area contributed by atoms with E-state index in [4.69, 9.17) is 15.5 Å². The van der Waals surface area contributed by atoms with Crippen molar-refractivity contribution < 1.29 is 4.74 Å². The van der Waals surface area contributed by atoms with E-state index in [-0.39, 0.29) is 16.7 Å². The molecule has 1 aliphatic carbocycles. The fourth-order valence-electron chi connectivity index (χ4n) is 4.80. The molecule has 2 N–H and O–H groups in total. The van der Waals surface area contributed by atoms with Gasteiger partial charge in [-0.1, -0.05) is 38.0 Å². The highest BCUT2D eigenvalue weighted by atomic mass is 16.5. The zero-order valence-corrected chi connectivity index (χ0v) is 15.8. The average molecular weight is 338 g/mol. The monoisotopic (exact) mass is 338 g/mol. The maximum atomic E-state index is 6.71. The largest absolute Gasteiger partial charge is 0.359 e. The Kier molecular flexibility index (Phi) is 3.93. The molecule has 25 heavy (non-hydrogen) atoms. The van der Waals surface area contributed by atoms with Gasteiger partial charge >= 0.3 is 0 Å². The highest BCUT2D eigenvalue weighted by molar-refractivity contribution is 6.33. The summed E-state index contributed by atoms with van der Waals surface area (Å²) in [4.78, 5) is 5.01. The summed E-state index contributed by atoms with van der Waals surface area (Å²) in [5.41, 5.74) is 10.9. The number of hydrogen-bond donors (Lipinski definition) is 1. The Labute approximate surface area is 151 Å². The van der Waals surface area contributed by atoms with Crippen molar-refractivity contribution in [3.05, 3.63) is 35.9 Å². The third-order valence-electron chi connectivity index (χ3n) is 6.15. The molecule has 0 unspecified atom stereocenters. The Hall–Kier alpha value is -1.45. The third kappa shape index (κ3) is 2.88. The normalized spacial score (nSPS) is 32.8. The van der Waals surface area contributed by atoms with E-state index in [0.29, 0.717) is 0 Å². The van der Waals surface area contributed by atoms with Crippen LogP contribution in [0.2, 0.25) is 0 Å². The van der Waals surface area contributed by atoms with Gasteiger partial charge in [-0.2, -0.15) is 0 Å². The van der Waals surface area contributed by atoms with Gasteiger partial charge in [0.15, 0.2) is 0 Å². The summed E-state index contributed by atoms with van der Waals surface area (Å²) in [6, 6.07) is 8.46. The SMILES string of the molecule is CCCCC1(N)CCC2(CC1)OC(C)(C)C=C1C2=Nc2ccccc21. The van der Waals surface area contributed by atoms with Crippen LogP contribution in [0.5, 0.6) is 0 Å². The minimum Gasteiger partial charge on any atom is -0.359 e. The van der Waals surface area contributed by atoms with Crippen molar-refractivity contribution in [2.24, 2.45) is 10.7 Å². The van der Waals surface area contributed by atoms with E-state index in [1.807, 2.05) is 0 Å². The molecule has 0 saturated heterocycles. The number of benzene rings is 1. The van der Waals surface area contributed by atoms with Crippen LogP contribution in [-0.4, -0.2) is 22.5 Å². The molecule has 3 heteroatoms. The summed E-state index contributed by atoms with van der Waals surface area (Å²) in [7, 11) is 0. The second kappa shape index (κ2) is 5.78. The van der Waals surface area contributed by atoms with Gasteiger partial charge in [0.2, 0.25) is 0 Å². The molecule has 0 aromatic heterocycles. The van der Waals surface area contributed by atoms with Crippen molar-refractivity contribution in [2.75, 3.05) is 0 Å². The number of ether oxygens (including phenoxy) is 1. The van der Waals surface area contributed by atoms with Crippen molar-refractivity contribution in [3.63, 3.8) is 0 Å². The Bertz CT molecular complexity index is 736. The Morgan fingerprint density at radius 3 is 2.56 bits per heavy atom. The van der Waals surface area contributed by atoms with E-state index < -0.39 is 0 Å². The molecule has 3 aliphatic rings. The van der Waals surface area contributed by atoms with E-state index in [2.05, 4.69) is 51.1 Å². The predicted molar refractivity (Wildman–Crippen MR) is 104 cm³/mol. The van der Waals surface area contributed by atoms with Gasteiger partial charge in [0.1, 0.15) is 5.60 Å². The summed E-state index contributed by atoms with van der Waals surface area (Å²) in [6.45, 7) is 6.57. The lowest BCUT2D eigenvalue weighted by atomic mass is 9.68. The van der Waals surface area contributed by atoms with Crippen LogP contribution in [0.25, 0.3) is 5.57 Å². The zero-order valence-electron chi connectivity index (χ0n) is 15.8. The molecular weight excluding hydrogens is 308 g/mol. The molecule has 0 amide bonds. The van der Waals surface area contributed by atoms with Crippen LogP contribution in [-0.2, 0) is 4.74 Å². The lowest BCUT2D eigenvalue weighted by Gasteiger charge is -2.50. The van der Waals surface area contributed by atoms with Gasteiger partial charge in [-0.3, -0.25) is 0 Å². The molecule has 0 radical (unpaired) electrons. The lowest BCUT2D eigenvalue weighted by Crippen LogP contribution is -2.57. The molecule has 3 nitrogen and oxygen atoms in total. The molecule has 0 atom stereocenters. The van der Waals surface area contributed by atoms with Gasteiger partial charge in [-0.05, 0) is 58.1 Å². The van der Waals surface area contributed by atoms with Crippen LogP contribution in [0.3, 0.4) is 0 Å². The Balaban J connectivity index is 1.67. The van der Waals surface area contributed by atoms with Gasteiger partial charge in [0.25, 0.3) is 0 Å². The number of nitrogens with two attached hydrogens (primary N) is 1. The fourth-order valence-corrected chi connectivity index (χ4v) is 4.80. The molecular formula is C22H30N2O. The first kappa shape index (κ1) is 17.0. The van der Waals surface area contributed by atoms with Gasteiger partial charge in [0, 0.05) is 16.7 Å². The average Bonchev–Trinajstić information content (AvgIpc) is 2.95. The maximum Gasteiger partial charge on any atom is 0.112 e. The van der Waals surface area contributed by atoms with Gasteiger partial charge in [-0.15, -0.1) is 0 Å². The molecule has 134 valence electrons. The highest BCUT2D eigenvalue weighted by Gasteiger charge is 2.52. The fraction of sp³-hybridized carbons (Fsp3) is 0.591. The van der Waals surface area contributed by atoms with Crippen LogP contribution < -0.4 is 5.73 Å². The van der Waals surface area contributed by atoms with Crippen molar-refractivity contribution in [3.8, 4) is 0 Å². The lowest BCUT2D eigenvalue weighted by molar-refractivity contribution is -0.104. The van der Waals surface area contributed by atoms with Crippen LogP contribution in [0.15, 0.2) is 35.3 Å². The summed E-state index contributed by atoms with van der Waals surface area (Å²) >= 11 is 0. The Morgan fingerprint density at radius 1 is 1.12 bits per heavy atom. The smallest absolute Gasteiger partial charge is 0.112 e. The highest BCUT2D eigenvalue weighted by Crippen LogP contribution is 2.51. The van der Waals surface area contributed by atoms with Crippen LogP contribution in [0, 0.1) is 0 Å². The summed E-state index contributed by atoms with van der Waals surface area (Å²) < 4.78 is 6.68. The van der Waals surface area contributed by atoms with Crippen molar-refractivity contribution >= 4 is 17.0 Å². The maximum absolute atomic E-state index is 6.71. The summed E-state index contributed by atoms with van der Waals surface area (Å²) in [6.07, 6.45) is 9.79. The number of hydrogen-bond acceptors (Lipinski definition) is 3. The standard InChI is InChI=1S/C22H30N2O/c1-4-5-10-21(23)11-13-22(14-12-21)19-17(15-20(2,3)25-22)16-8-6-7-9-18(16)24-19/h6-9,15H,4-5,10-14,23H2,1-3H3. The van der Waals surface area contributed by atoms with Crippen molar-refractivity contribution in [1.29, 1.82) is 0 Å². The van der Waals surface area contributed by atoms with Crippen molar-refractivity contribution in [2.45, 2.75) is 82.5 Å². The zero-order chi connectivity index (χ0) is 17.7. The number of nitrogens with zero attached hydrogens (tertiary/aromatic N) is 1. The molecule has 1 aromatic rings. The molecule has 1 spiro atoms. The van der Waals surface area contributed by atoms with Gasteiger partial charge in [-0.25, -0.2) is 4.99 Å². The first-order chi connectivity index (χ1) is 11.9. The van der Waals surface area contributed by atoms with E-state index in [1.165, 1.54) is 24.0 Å².